The molecule has 1 atom stereocenters. The first kappa shape index (κ1) is 31.3. The highest BCUT2D eigenvalue weighted by atomic mass is 32.2. The summed E-state index contributed by atoms with van der Waals surface area (Å²) in [6.07, 6.45) is 2.47. The summed E-state index contributed by atoms with van der Waals surface area (Å²) in [6, 6.07) is 13.6. The topological polar surface area (TPSA) is 112 Å². The van der Waals surface area contributed by atoms with Crippen LogP contribution in [0, 0.1) is 11.3 Å². The van der Waals surface area contributed by atoms with Gasteiger partial charge in [-0.1, -0.05) is 23.9 Å². The van der Waals surface area contributed by atoms with Gasteiger partial charge in [-0.15, -0.1) is 0 Å². The van der Waals surface area contributed by atoms with E-state index >= 15 is 0 Å². The van der Waals surface area contributed by atoms with Crippen LogP contribution in [-0.4, -0.2) is 116 Å². The van der Waals surface area contributed by atoms with Crippen LogP contribution >= 0.6 is 11.8 Å². The van der Waals surface area contributed by atoms with E-state index in [1.807, 2.05) is 62.3 Å². The normalized spacial score (nSPS) is 18.4. The van der Waals surface area contributed by atoms with E-state index in [0.717, 1.165) is 36.1 Å². The van der Waals surface area contributed by atoms with Gasteiger partial charge in [-0.05, 0) is 82.0 Å². The molecule has 0 bridgehead atoms. The molecular weight excluding hydrogens is 550 g/mol. The minimum absolute atomic E-state index is 0.000507. The van der Waals surface area contributed by atoms with Crippen molar-refractivity contribution in [3.63, 3.8) is 0 Å². The molecule has 11 heteroatoms. The fourth-order valence-electron chi connectivity index (χ4n) is 5.12. The number of hydrogen-bond acceptors (Lipinski definition) is 8. The van der Waals surface area contributed by atoms with Gasteiger partial charge in [0.15, 0.2) is 0 Å². The van der Waals surface area contributed by atoms with E-state index in [4.69, 9.17) is 0 Å². The Hall–Kier alpha value is -3.59. The number of nitriles is 1. The number of carbonyl (C=O) groups excluding carboxylic acids is 3. The second-order valence-corrected chi connectivity index (χ2v) is 12.2. The lowest BCUT2D eigenvalue weighted by Crippen LogP contribution is -2.36. The van der Waals surface area contributed by atoms with Crippen molar-refractivity contribution >= 4 is 45.9 Å². The molecule has 0 saturated carbocycles. The van der Waals surface area contributed by atoms with Crippen LogP contribution < -0.4 is 10.6 Å². The van der Waals surface area contributed by atoms with Crippen molar-refractivity contribution < 1.29 is 14.4 Å². The van der Waals surface area contributed by atoms with Crippen molar-refractivity contribution in [2.75, 3.05) is 78.8 Å². The molecule has 2 aliphatic rings. The third-order valence-corrected chi connectivity index (χ3v) is 8.93. The van der Waals surface area contributed by atoms with Crippen LogP contribution in [0.5, 0.6) is 0 Å². The number of carbonyl (C=O) groups is 3. The fourth-order valence-corrected chi connectivity index (χ4v) is 6.38. The third-order valence-electron chi connectivity index (χ3n) is 7.63. The molecule has 4 rings (SSSR count). The van der Waals surface area contributed by atoms with Crippen LogP contribution in [0.15, 0.2) is 47.0 Å². The van der Waals surface area contributed by atoms with E-state index < -0.39 is 5.25 Å². The van der Waals surface area contributed by atoms with Gasteiger partial charge in [-0.3, -0.25) is 14.4 Å². The Labute approximate surface area is 252 Å². The molecule has 2 saturated heterocycles. The third kappa shape index (κ3) is 7.62. The first-order valence-electron chi connectivity index (χ1n) is 14.5. The largest absolute Gasteiger partial charge is 0.383 e. The number of rotatable bonds is 12. The quantitative estimate of drug-likeness (QED) is 0.286. The highest BCUT2D eigenvalue weighted by Gasteiger charge is 2.39. The molecule has 2 aromatic rings. The first-order chi connectivity index (χ1) is 20.2. The number of likely N-dealkylation sites (N-methyl/N-ethyl adjacent to an activating group) is 2. The summed E-state index contributed by atoms with van der Waals surface area (Å²) in [6.45, 7) is 7.46. The van der Waals surface area contributed by atoms with Gasteiger partial charge in [0.05, 0.1) is 0 Å². The molecule has 2 N–H and O–H groups in total. The number of benzene rings is 2. The van der Waals surface area contributed by atoms with Gasteiger partial charge in [0, 0.05) is 57.6 Å². The Bertz CT molecular complexity index is 1380. The molecular formula is C31H41N7O3S. The second kappa shape index (κ2) is 14.5. The number of anilines is 1. The average molecular weight is 592 g/mol. The molecule has 0 aromatic heterocycles. The number of thioether (sulfide) groups is 1. The Morgan fingerprint density at radius 1 is 1.07 bits per heavy atom. The molecule has 0 spiro atoms. The maximum Gasteiger partial charge on any atom is 0.267 e. The van der Waals surface area contributed by atoms with E-state index in [9.17, 15) is 19.6 Å². The zero-order chi connectivity index (χ0) is 30.2. The highest BCUT2D eigenvalue weighted by Crippen LogP contribution is 2.37. The van der Waals surface area contributed by atoms with Gasteiger partial charge >= 0.3 is 0 Å². The second-order valence-electron chi connectivity index (χ2n) is 11.0. The molecule has 2 aromatic carbocycles. The summed E-state index contributed by atoms with van der Waals surface area (Å²) < 4.78 is 0. The van der Waals surface area contributed by atoms with Crippen LogP contribution in [0.3, 0.4) is 0 Å². The number of nitrogens with zero attached hydrogens (tertiary/aromatic N) is 5. The smallest absolute Gasteiger partial charge is 0.267 e. The summed E-state index contributed by atoms with van der Waals surface area (Å²) in [5.74, 6) is -0.572. The average Bonchev–Trinajstić information content (AvgIpc) is 3.62. The van der Waals surface area contributed by atoms with Crippen molar-refractivity contribution in [2.45, 2.75) is 25.0 Å². The van der Waals surface area contributed by atoms with Gasteiger partial charge in [-0.25, -0.2) is 0 Å². The van der Waals surface area contributed by atoms with Crippen LogP contribution in [0.1, 0.15) is 30.1 Å². The predicted molar refractivity (Wildman–Crippen MR) is 168 cm³/mol. The summed E-state index contributed by atoms with van der Waals surface area (Å²) in [4.78, 5) is 46.3. The summed E-state index contributed by atoms with van der Waals surface area (Å²) >= 11 is 1.26. The van der Waals surface area contributed by atoms with E-state index in [1.165, 1.54) is 34.4 Å². The van der Waals surface area contributed by atoms with Crippen molar-refractivity contribution in [1.82, 2.24) is 24.9 Å². The highest BCUT2D eigenvalue weighted by molar-refractivity contribution is 8.04. The van der Waals surface area contributed by atoms with Gasteiger partial charge in [0.1, 0.15) is 21.9 Å². The van der Waals surface area contributed by atoms with Crippen molar-refractivity contribution in [1.29, 1.82) is 5.26 Å². The molecule has 2 heterocycles. The van der Waals surface area contributed by atoms with Gasteiger partial charge < -0.3 is 30.2 Å². The molecule has 0 unspecified atom stereocenters. The van der Waals surface area contributed by atoms with Gasteiger partial charge in [-0.2, -0.15) is 5.26 Å². The molecule has 3 amide bonds. The summed E-state index contributed by atoms with van der Waals surface area (Å²) in [5, 5.41) is 18.1. The lowest BCUT2D eigenvalue weighted by atomic mass is 10.1. The fraction of sp³-hybridized carbons (Fsp3) is 0.484. The van der Waals surface area contributed by atoms with E-state index in [1.54, 1.807) is 7.05 Å². The van der Waals surface area contributed by atoms with E-state index in [0.29, 0.717) is 43.3 Å². The van der Waals surface area contributed by atoms with Crippen molar-refractivity contribution in [2.24, 2.45) is 0 Å². The standard InChI is InChI=1S/C31H41N7O3S/c1-5-38-30(41)27(42-31(38)26(20-32)29(40)36(4)17-16-35(2)3)21-34-25-11-10-22-18-24(9-8-23(22)19-25)28(39)33-12-15-37-13-6-7-14-37/h8-11,18-19,27,34H,5-7,12-17,21H2,1-4H3,(H,33,39)/b31-26-/t27-/m1/s1. The minimum Gasteiger partial charge on any atom is -0.383 e. The van der Waals surface area contributed by atoms with Crippen LogP contribution in [0.2, 0.25) is 0 Å². The summed E-state index contributed by atoms with van der Waals surface area (Å²) in [7, 11) is 5.52. The minimum atomic E-state index is -0.467. The van der Waals surface area contributed by atoms with Crippen molar-refractivity contribution in [3.8, 4) is 6.07 Å². The molecule has 224 valence electrons. The first-order valence-corrected chi connectivity index (χ1v) is 15.4. The van der Waals surface area contributed by atoms with Crippen LogP contribution in [0.25, 0.3) is 10.8 Å². The molecule has 10 nitrogen and oxygen atoms in total. The number of nitrogens with one attached hydrogen (secondary N) is 2. The number of amides is 3. The van der Waals surface area contributed by atoms with Gasteiger partial charge in [0.25, 0.3) is 11.8 Å². The molecule has 2 fully saturated rings. The van der Waals surface area contributed by atoms with Crippen molar-refractivity contribution in [3.05, 3.63) is 52.6 Å². The van der Waals surface area contributed by atoms with E-state index in [-0.39, 0.29) is 23.3 Å². The van der Waals surface area contributed by atoms with Crippen LogP contribution in [-0.2, 0) is 9.59 Å². The molecule has 2 aliphatic heterocycles. The predicted octanol–water partition coefficient (Wildman–Crippen LogP) is 2.80. The number of fused-ring (bicyclic) bond motifs is 1. The summed E-state index contributed by atoms with van der Waals surface area (Å²) in [5.41, 5.74) is 1.48. The lowest BCUT2D eigenvalue weighted by Gasteiger charge is -2.21. The zero-order valence-corrected chi connectivity index (χ0v) is 25.8. The molecule has 42 heavy (non-hydrogen) atoms. The SMILES string of the molecule is CCN1C(=O)[C@@H](CNc2ccc3cc(C(=O)NCCN4CCCC4)ccc3c2)S/C1=C(/C#N)C(=O)N(C)CCN(C)C. The number of hydrogen-bond donors (Lipinski definition) is 2. The Morgan fingerprint density at radius 3 is 2.48 bits per heavy atom. The zero-order valence-electron chi connectivity index (χ0n) is 25.0. The van der Waals surface area contributed by atoms with E-state index in [2.05, 4.69) is 21.6 Å². The Balaban J connectivity index is 1.38. The maximum atomic E-state index is 13.2. The monoisotopic (exact) mass is 591 g/mol. The maximum absolute atomic E-state index is 13.2. The number of likely N-dealkylation sites (tertiary alicyclic amines) is 1. The molecule has 0 radical (unpaired) electrons. The Morgan fingerprint density at radius 2 is 1.79 bits per heavy atom. The van der Waals surface area contributed by atoms with Gasteiger partial charge in [0.2, 0.25) is 5.91 Å². The lowest BCUT2D eigenvalue weighted by molar-refractivity contribution is -0.127. The Kier molecular flexibility index (Phi) is 10.8. The molecule has 0 aliphatic carbocycles. The van der Waals surface area contributed by atoms with Crippen LogP contribution in [0.4, 0.5) is 5.69 Å².